The highest BCUT2D eigenvalue weighted by atomic mass is 32.1. The molecule has 6 nitrogen and oxygen atoms in total. The van der Waals surface area contributed by atoms with E-state index >= 15 is 0 Å². The number of nitrogens with zero attached hydrogens (tertiary/aromatic N) is 3. The smallest absolute Gasteiger partial charge is 0.267 e. The molecule has 0 aliphatic carbocycles. The zero-order valence-corrected chi connectivity index (χ0v) is 13.5. The Hall–Kier alpha value is -2.28. The zero-order valence-electron chi connectivity index (χ0n) is 12.6. The number of likely N-dealkylation sites (tertiary alicyclic amines) is 1. The predicted octanol–water partition coefficient (Wildman–Crippen LogP) is 1.73. The minimum atomic E-state index is -0.549. The van der Waals surface area contributed by atoms with Gasteiger partial charge in [-0.25, -0.2) is 9.97 Å². The van der Waals surface area contributed by atoms with Gasteiger partial charge in [0, 0.05) is 18.8 Å². The topological polar surface area (TPSA) is 89.2 Å². The third-order valence-electron chi connectivity index (χ3n) is 4.01. The summed E-state index contributed by atoms with van der Waals surface area (Å²) < 4.78 is 0. The van der Waals surface area contributed by atoms with Crippen LogP contribution in [0.15, 0.2) is 29.9 Å². The number of thiophene rings is 1. The number of amides is 2. The lowest BCUT2D eigenvalue weighted by molar-refractivity contribution is 0.0677. The average Bonchev–Trinajstić information content (AvgIpc) is 3.09. The molecule has 1 saturated heterocycles. The second kappa shape index (κ2) is 6.87. The molecule has 1 aliphatic heterocycles. The van der Waals surface area contributed by atoms with Gasteiger partial charge in [0.25, 0.3) is 11.8 Å². The summed E-state index contributed by atoms with van der Waals surface area (Å²) in [6, 6.07) is 5.40. The van der Waals surface area contributed by atoms with Gasteiger partial charge in [-0.15, -0.1) is 11.3 Å². The van der Waals surface area contributed by atoms with E-state index in [-0.39, 0.29) is 11.6 Å². The standard InChI is InChI=1S/C16H18N4O2S/c17-15(21)13-8-12(18-10-19-13)7-11-3-1-5-20(9-11)16(22)14-4-2-6-23-14/h2,4,6,8,10-11H,1,3,5,7,9H2,(H2,17,21)/t11-/m0/s1. The van der Waals surface area contributed by atoms with Crippen molar-refractivity contribution >= 4 is 23.2 Å². The molecule has 3 rings (SSSR count). The molecular weight excluding hydrogens is 312 g/mol. The van der Waals surface area contributed by atoms with E-state index in [0.29, 0.717) is 12.5 Å². The van der Waals surface area contributed by atoms with E-state index in [1.165, 1.54) is 17.7 Å². The first-order valence-electron chi connectivity index (χ1n) is 7.57. The molecule has 2 aromatic heterocycles. The van der Waals surface area contributed by atoms with Crippen LogP contribution in [0.2, 0.25) is 0 Å². The number of hydrogen-bond donors (Lipinski definition) is 1. The Bertz CT molecular complexity index is 702. The average molecular weight is 330 g/mol. The van der Waals surface area contributed by atoms with Crippen molar-refractivity contribution in [2.75, 3.05) is 13.1 Å². The molecule has 0 spiro atoms. The van der Waals surface area contributed by atoms with Crippen LogP contribution in [0.25, 0.3) is 0 Å². The van der Waals surface area contributed by atoms with E-state index in [9.17, 15) is 9.59 Å². The second-order valence-corrected chi connectivity index (χ2v) is 6.65. The highest BCUT2D eigenvalue weighted by molar-refractivity contribution is 7.12. The lowest BCUT2D eigenvalue weighted by Crippen LogP contribution is -2.40. The molecule has 0 aromatic carbocycles. The maximum atomic E-state index is 12.5. The number of carbonyl (C=O) groups is 2. The summed E-state index contributed by atoms with van der Waals surface area (Å²) >= 11 is 1.47. The SMILES string of the molecule is NC(=O)c1cc(C[C@@H]2CCCN(C(=O)c3cccs3)C2)ncn1. The first-order chi connectivity index (χ1) is 11.1. The van der Waals surface area contributed by atoms with Gasteiger partial charge in [0.2, 0.25) is 0 Å². The lowest BCUT2D eigenvalue weighted by Gasteiger charge is -2.32. The number of primary amides is 1. The molecule has 7 heteroatoms. The van der Waals surface area contributed by atoms with E-state index in [1.807, 2.05) is 22.4 Å². The maximum absolute atomic E-state index is 12.5. The van der Waals surface area contributed by atoms with Gasteiger partial charge < -0.3 is 10.6 Å². The molecule has 2 amide bonds. The molecule has 1 aliphatic rings. The monoisotopic (exact) mass is 330 g/mol. The Balaban J connectivity index is 1.66. The van der Waals surface area contributed by atoms with Gasteiger partial charge in [0.15, 0.2) is 0 Å². The molecule has 23 heavy (non-hydrogen) atoms. The van der Waals surface area contributed by atoms with Crippen molar-refractivity contribution in [3.8, 4) is 0 Å². The molecule has 1 fully saturated rings. The lowest BCUT2D eigenvalue weighted by atomic mass is 9.93. The minimum Gasteiger partial charge on any atom is -0.364 e. The number of hydrogen-bond acceptors (Lipinski definition) is 5. The van der Waals surface area contributed by atoms with E-state index in [2.05, 4.69) is 9.97 Å². The van der Waals surface area contributed by atoms with E-state index < -0.39 is 5.91 Å². The highest BCUT2D eigenvalue weighted by Crippen LogP contribution is 2.23. The molecule has 0 bridgehead atoms. The van der Waals surface area contributed by atoms with Gasteiger partial charge in [-0.1, -0.05) is 6.07 Å². The van der Waals surface area contributed by atoms with Gasteiger partial charge in [0.1, 0.15) is 12.0 Å². The van der Waals surface area contributed by atoms with Gasteiger partial charge in [-0.05, 0) is 42.7 Å². The number of piperidine rings is 1. The predicted molar refractivity (Wildman–Crippen MR) is 87.2 cm³/mol. The fourth-order valence-corrected chi connectivity index (χ4v) is 3.60. The van der Waals surface area contributed by atoms with Gasteiger partial charge in [-0.3, -0.25) is 9.59 Å². The van der Waals surface area contributed by atoms with Crippen molar-refractivity contribution in [1.29, 1.82) is 0 Å². The first kappa shape index (κ1) is 15.6. The Labute approximate surface area is 138 Å². The summed E-state index contributed by atoms with van der Waals surface area (Å²) in [7, 11) is 0. The fraction of sp³-hybridized carbons (Fsp3) is 0.375. The zero-order chi connectivity index (χ0) is 16.2. The number of rotatable bonds is 4. The molecule has 3 heterocycles. The van der Waals surface area contributed by atoms with E-state index in [4.69, 9.17) is 5.73 Å². The quantitative estimate of drug-likeness (QED) is 0.924. The van der Waals surface area contributed by atoms with Crippen LogP contribution in [0.1, 0.15) is 38.7 Å². The normalized spacial score (nSPS) is 17.9. The Morgan fingerprint density at radius 2 is 2.26 bits per heavy atom. The van der Waals surface area contributed by atoms with Crippen molar-refractivity contribution < 1.29 is 9.59 Å². The van der Waals surface area contributed by atoms with Crippen LogP contribution in [0, 0.1) is 5.92 Å². The Morgan fingerprint density at radius 1 is 1.39 bits per heavy atom. The van der Waals surface area contributed by atoms with Gasteiger partial charge in [-0.2, -0.15) is 0 Å². The van der Waals surface area contributed by atoms with E-state index in [0.717, 1.165) is 36.4 Å². The van der Waals surface area contributed by atoms with Crippen LogP contribution in [0.5, 0.6) is 0 Å². The summed E-state index contributed by atoms with van der Waals surface area (Å²) in [5, 5.41) is 1.92. The molecule has 0 unspecified atom stereocenters. The van der Waals surface area contributed by atoms with Crippen molar-refractivity contribution in [3.05, 3.63) is 46.2 Å². The number of carbonyl (C=O) groups excluding carboxylic acids is 2. The van der Waals surface area contributed by atoms with Crippen LogP contribution in [0.3, 0.4) is 0 Å². The highest BCUT2D eigenvalue weighted by Gasteiger charge is 2.25. The summed E-state index contributed by atoms with van der Waals surface area (Å²) in [5.41, 5.74) is 6.28. The molecule has 1 atom stereocenters. The largest absolute Gasteiger partial charge is 0.364 e. The molecule has 0 radical (unpaired) electrons. The van der Waals surface area contributed by atoms with Crippen molar-refractivity contribution in [2.45, 2.75) is 19.3 Å². The first-order valence-corrected chi connectivity index (χ1v) is 8.45. The van der Waals surface area contributed by atoms with Crippen LogP contribution in [0.4, 0.5) is 0 Å². The molecule has 120 valence electrons. The number of nitrogens with two attached hydrogens (primary N) is 1. The molecular formula is C16H18N4O2S. The van der Waals surface area contributed by atoms with Crippen LogP contribution < -0.4 is 5.73 Å². The third-order valence-corrected chi connectivity index (χ3v) is 4.87. The fourth-order valence-electron chi connectivity index (χ4n) is 2.91. The minimum absolute atomic E-state index is 0.102. The van der Waals surface area contributed by atoms with Gasteiger partial charge >= 0.3 is 0 Å². The Kier molecular flexibility index (Phi) is 4.66. The second-order valence-electron chi connectivity index (χ2n) is 5.70. The van der Waals surface area contributed by atoms with Crippen molar-refractivity contribution in [3.63, 3.8) is 0 Å². The molecule has 2 aromatic rings. The third kappa shape index (κ3) is 3.73. The maximum Gasteiger partial charge on any atom is 0.267 e. The Morgan fingerprint density at radius 3 is 3.00 bits per heavy atom. The number of aromatic nitrogens is 2. The summed E-state index contributed by atoms with van der Waals surface area (Å²) in [4.78, 5) is 34.4. The van der Waals surface area contributed by atoms with Crippen molar-refractivity contribution in [2.24, 2.45) is 11.7 Å². The van der Waals surface area contributed by atoms with Crippen LogP contribution in [-0.4, -0.2) is 39.8 Å². The van der Waals surface area contributed by atoms with E-state index in [1.54, 1.807) is 6.07 Å². The van der Waals surface area contributed by atoms with Crippen LogP contribution >= 0.6 is 11.3 Å². The van der Waals surface area contributed by atoms with Crippen LogP contribution in [-0.2, 0) is 6.42 Å². The van der Waals surface area contributed by atoms with Crippen molar-refractivity contribution in [1.82, 2.24) is 14.9 Å². The van der Waals surface area contributed by atoms with Gasteiger partial charge in [0.05, 0.1) is 4.88 Å². The molecule has 2 N–H and O–H groups in total. The summed E-state index contributed by atoms with van der Waals surface area (Å²) in [6.07, 6.45) is 4.11. The molecule has 0 saturated carbocycles. The summed E-state index contributed by atoms with van der Waals surface area (Å²) in [5.74, 6) is -0.111. The summed E-state index contributed by atoms with van der Waals surface area (Å²) in [6.45, 7) is 1.51.